The smallest absolute Gasteiger partial charge is 0.236 e. The summed E-state index contributed by atoms with van der Waals surface area (Å²) in [4.78, 5) is 32.9. The molecule has 6 heteroatoms. The first-order chi connectivity index (χ1) is 12.0. The standard InChI is InChI=1S/C19H25N3O2S/c1-13(2)18(19(24)22-10-8-21(9-11-22)14(3)23)25-17-12-15-6-4-5-7-16(15)20-17/h4-7,13,18H,8-12H2,1-3H3. The summed E-state index contributed by atoms with van der Waals surface area (Å²) in [6.07, 6.45) is 0.815. The van der Waals surface area contributed by atoms with E-state index in [1.807, 2.05) is 23.1 Å². The lowest BCUT2D eigenvalue weighted by Crippen LogP contribution is -2.52. The van der Waals surface area contributed by atoms with E-state index in [1.165, 1.54) is 5.56 Å². The molecule has 0 N–H and O–H groups in total. The molecule has 0 saturated carbocycles. The Kier molecular flexibility index (Phi) is 5.47. The fraction of sp³-hybridized carbons (Fsp3) is 0.526. The molecule has 1 atom stereocenters. The van der Waals surface area contributed by atoms with E-state index in [-0.39, 0.29) is 23.0 Å². The molecule has 0 aliphatic carbocycles. The van der Waals surface area contributed by atoms with Gasteiger partial charge in [0.05, 0.1) is 16.0 Å². The van der Waals surface area contributed by atoms with Gasteiger partial charge in [-0.2, -0.15) is 0 Å². The van der Waals surface area contributed by atoms with Gasteiger partial charge in [0.1, 0.15) is 0 Å². The Hall–Kier alpha value is -1.82. The molecule has 2 amide bonds. The molecule has 5 nitrogen and oxygen atoms in total. The van der Waals surface area contributed by atoms with E-state index in [9.17, 15) is 9.59 Å². The maximum Gasteiger partial charge on any atom is 0.236 e. The van der Waals surface area contributed by atoms with E-state index >= 15 is 0 Å². The molecule has 134 valence electrons. The lowest BCUT2D eigenvalue weighted by Gasteiger charge is -2.36. The van der Waals surface area contributed by atoms with Gasteiger partial charge in [0.25, 0.3) is 0 Å². The van der Waals surface area contributed by atoms with Gasteiger partial charge in [0, 0.05) is 39.5 Å². The molecule has 1 saturated heterocycles. The first kappa shape index (κ1) is 18.0. The van der Waals surface area contributed by atoms with Crippen LogP contribution in [0.25, 0.3) is 0 Å². The second kappa shape index (κ2) is 7.60. The number of thioether (sulfide) groups is 1. The number of hydrogen-bond acceptors (Lipinski definition) is 4. The van der Waals surface area contributed by atoms with E-state index < -0.39 is 0 Å². The molecule has 1 fully saturated rings. The molecule has 2 aliphatic heterocycles. The maximum absolute atomic E-state index is 13.0. The number of carbonyl (C=O) groups is 2. The molecule has 1 aromatic rings. The van der Waals surface area contributed by atoms with Crippen molar-refractivity contribution in [2.24, 2.45) is 10.9 Å². The third-order valence-corrected chi connectivity index (χ3v) is 6.23. The van der Waals surface area contributed by atoms with Crippen molar-refractivity contribution in [2.45, 2.75) is 32.4 Å². The van der Waals surface area contributed by atoms with Gasteiger partial charge in [-0.3, -0.25) is 9.59 Å². The van der Waals surface area contributed by atoms with E-state index in [2.05, 4.69) is 19.9 Å². The van der Waals surface area contributed by atoms with Crippen LogP contribution < -0.4 is 0 Å². The third-order valence-electron chi connectivity index (χ3n) is 4.73. The predicted octanol–water partition coefficient (Wildman–Crippen LogP) is 2.72. The molecular weight excluding hydrogens is 334 g/mol. The summed E-state index contributed by atoms with van der Waals surface area (Å²) in [7, 11) is 0. The number of benzene rings is 1. The number of nitrogens with zero attached hydrogens (tertiary/aromatic N) is 3. The van der Waals surface area contributed by atoms with Gasteiger partial charge in [-0.15, -0.1) is 0 Å². The van der Waals surface area contributed by atoms with Gasteiger partial charge in [-0.1, -0.05) is 43.8 Å². The third kappa shape index (κ3) is 4.06. The van der Waals surface area contributed by atoms with Crippen molar-refractivity contribution in [3.8, 4) is 0 Å². The summed E-state index contributed by atoms with van der Waals surface area (Å²) in [5.41, 5.74) is 2.25. The highest BCUT2D eigenvalue weighted by Crippen LogP contribution is 2.33. The highest BCUT2D eigenvalue weighted by Gasteiger charge is 2.32. The Bertz CT molecular complexity index is 694. The zero-order valence-corrected chi connectivity index (χ0v) is 15.9. The van der Waals surface area contributed by atoms with Gasteiger partial charge in [-0.05, 0) is 17.5 Å². The van der Waals surface area contributed by atoms with Crippen LogP contribution in [0, 0.1) is 5.92 Å². The molecule has 2 heterocycles. The van der Waals surface area contributed by atoms with Crippen LogP contribution in [0.4, 0.5) is 5.69 Å². The monoisotopic (exact) mass is 359 g/mol. The van der Waals surface area contributed by atoms with Crippen LogP contribution in [-0.2, 0) is 16.0 Å². The van der Waals surface area contributed by atoms with Crippen LogP contribution in [-0.4, -0.2) is 58.1 Å². The van der Waals surface area contributed by atoms with E-state index in [4.69, 9.17) is 4.99 Å². The quantitative estimate of drug-likeness (QED) is 0.834. The lowest BCUT2D eigenvalue weighted by molar-refractivity contribution is -0.138. The average Bonchev–Trinajstić information content (AvgIpc) is 3.01. The van der Waals surface area contributed by atoms with Gasteiger partial charge in [-0.25, -0.2) is 4.99 Å². The fourth-order valence-electron chi connectivity index (χ4n) is 3.21. The molecule has 0 aromatic heterocycles. The second-order valence-corrected chi connectivity index (χ2v) is 8.14. The number of rotatable bonds is 3. The van der Waals surface area contributed by atoms with Crippen LogP contribution in [0.15, 0.2) is 29.3 Å². The SMILES string of the molecule is CC(=O)N1CCN(C(=O)C(SC2=Nc3ccccc3C2)C(C)C)CC1. The largest absolute Gasteiger partial charge is 0.339 e. The Morgan fingerprint density at radius 1 is 1.08 bits per heavy atom. The average molecular weight is 359 g/mol. The number of amides is 2. The summed E-state index contributed by atoms with van der Waals surface area (Å²) in [6, 6.07) is 8.15. The summed E-state index contributed by atoms with van der Waals surface area (Å²) in [5, 5.41) is 0.896. The van der Waals surface area contributed by atoms with Gasteiger partial charge >= 0.3 is 0 Å². The van der Waals surface area contributed by atoms with Crippen molar-refractivity contribution in [2.75, 3.05) is 26.2 Å². The lowest BCUT2D eigenvalue weighted by atomic mass is 10.1. The molecule has 0 radical (unpaired) electrons. The van der Waals surface area contributed by atoms with Crippen molar-refractivity contribution >= 4 is 34.3 Å². The van der Waals surface area contributed by atoms with Crippen molar-refractivity contribution in [3.63, 3.8) is 0 Å². The zero-order chi connectivity index (χ0) is 18.0. The van der Waals surface area contributed by atoms with E-state index in [0.717, 1.165) is 17.2 Å². The Balaban J connectivity index is 1.64. The van der Waals surface area contributed by atoms with Crippen molar-refractivity contribution < 1.29 is 9.59 Å². The van der Waals surface area contributed by atoms with Crippen molar-refractivity contribution in [1.29, 1.82) is 0 Å². The van der Waals surface area contributed by atoms with Crippen molar-refractivity contribution in [3.05, 3.63) is 29.8 Å². The minimum atomic E-state index is -0.128. The number of aliphatic imine (C=N–C) groups is 1. The Morgan fingerprint density at radius 3 is 2.32 bits per heavy atom. The summed E-state index contributed by atoms with van der Waals surface area (Å²) >= 11 is 1.60. The van der Waals surface area contributed by atoms with E-state index in [1.54, 1.807) is 23.6 Å². The molecule has 0 spiro atoms. The fourth-order valence-corrected chi connectivity index (χ4v) is 4.42. The van der Waals surface area contributed by atoms with Crippen LogP contribution in [0.2, 0.25) is 0 Å². The van der Waals surface area contributed by atoms with Crippen LogP contribution in [0.5, 0.6) is 0 Å². The predicted molar refractivity (Wildman–Crippen MR) is 102 cm³/mol. The molecule has 25 heavy (non-hydrogen) atoms. The first-order valence-electron chi connectivity index (χ1n) is 8.82. The maximum atomic E-state index is 13.0. The van der Waals surface area contributed by atoms with Crippen LogP contribution >= 0.6 is 11.8 Å². The highest BCUT2D eigenvalue weighted by atomic mass is 32.2. The second-order valence-electron chi connectivity index (χ2n) is 6.92. The molecule has 2 aliphatic rings. The van der Waals surface area contributed by atoms with E-state index in [0.29, 0.717) is 26.2 Å². The summed E-state index contributed by atoms with van der Waals surface area (Å²) in [5.74, 6) is 0.483. The number of hydrogen-bond donors (Lipinski definition) is 0. The minimum absolute atomic E-state index is 0.0833. The molecular formula is C19H25N3O2S. The normalized spacial score (nSPS) is 18.2. The van der Waals surface area contributed by atoms with Gasteiger partial charge in [0.15, 0.2) is 0 Å². The minimum Gasteiger partial charge on any atom is -0.339 e. The summed E-state index contributed by atoms with van der Waals surface area (Å²) < 4.78 is 0. The topological polar surface area (TPSA) is 53.0 Å². The molecule has 1 aromatic carbocycles. The zero-order valence-electron chi connectivity index (χ0n) is 15.1. The van der Waals surface area contributed by atoms with Gasteiger partial charge < -0.3 is 9.80 Å². The van der Waals surface area contributed by atoms with Crippen molar-refractivity contribution in [1.82, 2.24) is 9.80 Å². The Labute approximate surface area is 153 Å². The first-order valence-corrected chi connectivity index (χ1v) is 9.70. The highest BCUT2D eigenvalue weighted by molar-refractivity contribution is 8.15. The number of carbonyl (C=O) groups excluding carboxylic acids is 2. The molecule has 3 rings (SSSR count). The van der Waals surface area contributed by atoms with Crippen LogP contribution in [0.3, 0.4) is 0 Å². The number of para-hydroxylation sites is 1. The number of piperazine rings is 1. The summed E-state index contributed by atoms with van der Waals surface area (Å²) in [6.45, 7) is 8.25. The number of fused-ring (bicyclic) bond motifs is 1. The molecule has 0 bridgehead atoms. The van der Waals surface area contributed by atoms with Crippen LogP contribution in [0.1, 0.15) is 26.3 Å². The van der Waals surface area contributed by atoms with Gasteiger partial charge in [0.2, 0.25) is 11.8 Å². The molecule has 1 unspecified atom stereocenters. The Morgan fingerprint density at radius 2 is 1.72 bits per heavy atom.